The van der Waals surface area contributed by atoms with E-state index < -0.39 is 0 Å². The molecule has 152 valence electrons. The Hall–Kier alpha value is -3.86. The second-order valence-electron chi connectivity index (χ2n) is 7.94. The maximum absolute atomic E-state index is 5.87. The number of pyridine rings is 1. The van der Waals surface area contributed by atoms with E-state index in [1.807, 2.05) is 24.3 Å². The van der Waals surface area contributed by atoms with Crippen LogP contribution in [0.4, 0.5) is 0 Å². The lowest BCUT2D eigenvalue weighted by Crippen LogP contribution is -2.15. The molecule has 3 heterocycles. The van der Waals surface area contributed by atoms with Crippen molar-refractivity contribution in [3.8, 4) is 34.0 Å². The highest BCUT2D eigenvalue weighted by Gasteiger charge is 2.23. The van der Waals surface area contributed by atoms with Gasteiger partial charge in [0, 0.05) is 35.3 Å². The lowest BCUT2D eigenvalue weighted by Gasteiger charge is -2.21. The molecule has 0 bridgehead atoms. The van der Waals surface area contributed by atoms with E-state index >= 15 is 0 Å². The summed E-state index contributed by atoms with van der Waals surface area (Å²) in [5.41, 5.74) is 7.41. The molecule has 3 aliphatic heterocycles. The Kier molecular flexibility index (Phi) is 4.13. The molecule has 0 N–H and O–H groups in total. The molecule has 31 heavy (non-hydrogen) atoms. The van der Waals surface area contributed by atoms with Crippen LogP contribution >= 0.6 is 0 Å². The van der Waals surface area contributed by atoms with E-state index in [1.54, 1.807) is 0 Å². The Morgan fingerprint density at radius 1 is 0.839 bits per heavy atom. The Labute approximate surface area is 180 Å². The van der Waals surface area contributed by atoms with Crippen molar-refractivity contribution in [3.63, 3.8) is 0 Å². The zero-order valence-electron chi connectivity index (χ0n) is 17.2. The van der Waals surface area contributed by atoms with Crippen molar-refractivity contribution < 1.29 is 9.47 Å². The second kappa shape index (κ2) is 7.13. The summed E-state index contributed by atoms with van der Waals surface area (Å²) in [4.78, 5) is 0. The predicted octanol–water partition coefficient (Wildman–Crippen LogP) is 5.33. The zero-order chi connectivity index (χ0) is 20.8. The van der Waals surface area contributed by atoms with E-state index in [9.17, 15) is 0 Å². The summed E-state index contributed by atoms with van der Waals surface area (Å²) in [6.45, 7) is 3.98. The van der Waals surface area contributed by atoms with Gasteiger partial charge < -0.3 is 14.0 Å². The van der Waals surface area contributed by atoms with E-state index in [4.69, 9.17) is 9.47 Å². The summed E-state index contributed by atoms with van der Waals surface area (Å²) in [6, 6.07) is 22.9. The molecule has 0 unspecified atom stereocenters. The zero-order valence-corrected chi connectivity index (χ0v) is 17.2. The first-order valence-electron chi connectivity index (χ1n) is 10.5. The molecule has 0 fully saturated rings. The quantitative estimate of drug-likeness (QED) is 0.406. The lowest BCUT2D eigenvalue weighted by atomic mass is 10.0. The maximum atomic E-state index is 5.87. The van der Waals surface area contributed by atoms with Crippen molar-refractivity contribution in [2.45, 2.75) is 13.5 Å². The van der Waals surface area contributed by atoms with Crippen LogP contribution in [-0.2, 0) is 6.54 Å². The van der Waals surface area contributed by atoms with Crippen molar-refractivity contribution in [2.75, 3.05) is 13.2 Å². The first kappa shape index (κ1) is 18.0. The third-order valence-corrected chi connectivity index (χ3v) is 5.75. The van der Waals surface area contributed by atoms with E-state index in [1.165, 1.54) is 11.1 Å². The van der Waals surface area contributed by atoms with Crippen molar-refractivity contribution >= 4 is 10.9 Å². The molecular formula is C26H21N3O2. The fraction of sp³-hybridized carbons (Fsp3) is 0.154. The minimum absolute atomic E-state index is 0.555. The van der Waals surface area contributed by atoms with Crippen molar-refractivity contribution in [1.82, 2.24) is 14.8 Å². The van der Waals surface area contributed by atoms with Crippen LogP contribution in [0.25, 0.3) is 33.4 Å². The van der Waals surface area contributed by atoms with E-state index in [0.717, 1.165) is 51.5 Å². The number of benzene rings is 3. The van der Waals surface area contributed by atoms with Gasteiger partial charge in [-0.25, -0.2) is 0 Å². The van der Waals surface area contributed by atoms with E-state index in [2.05, 4.69) is 70.3 Å². The number of aromatic nitrogens is 3. The molecule has 0 aliphatic carbocycles. The molecule has 0 saturated heterocycles. The summed E-state index contributed by atoms with van der Waals surface area (Å²) in [5.74, 6) is 1.54. The smallest absolute Gasteiger partial charge is 0.163 e. The number of fused-ring (bicyclic) bond motifs is 4. The molecule has 3 aromatic rings. The van der Waals surface area contributed by atoms with Gasteiger partial charge in [-0.1, -0.05) is 60.2 Å². The number of hydrogen-bond acceptors (Lipinski definition) is 4. The number of aryl methyl sites for hydroxylation is 1. The Morgan fingerprint density at radius 3 is 2.42 bits per heavy atom. The fourth-order valence-corrected chi connectivity index (χ4v) is 4.32. The summed E-state index contributed by atoms with van der Waals surface area (Å²) in [7, 11) is 0. The highest BCUT2D eigenvalue weighted by Crippen LogP contribution is 2.41. The molecule has 0 amide bonds. The maximum Gasteiger partial charge on any atom is 0.163 e. The van der Waals surface area contributed by atoms with Gasteiger partial charge in [0.15, 0.2) is 11.5 Å². The lowest BCUT2D eigenvalue weighted by molar-refractivity contribution is 0.172. The topological polar surface area (TPSA) is 49.2 Å². The Bertz CT molecular complexity index is 1370. The molecule has 0 spiro atoms. The fourth-order valence-electron chi connectivity index (χ4n) is 4.32. The van der Waals surface area contributed by atoms with Crippen LogP contribution in [0.5, 0.6) is 11.5 Å². The number of rotatable bonds is 3. The monoisotopic (exact) mass is 407 g/mol. The minimum atomic E-state index is 0.555. The van der Waals surface area contributed by atoms with Crippen LogP contribution in [0.2, 0.25) is 0 Å². The van der Waals surface area contributed by atoms with Crippen LogP contribution < -0.4 is 9.47 Å². The number of hydrogen-bond donors (Lipinski definition) is 0. The molecule has 0 radical (unpaired) electrons. The SMILES string of the molecule is Cc1cccc(Cn2cc3c(-c4ccccc4)nnc-3c3cc4c(cc32)OCCO4)c1. The van der Waals surface area contributed by atoms with Gasteiger partial charge in [0.2, 0.25) is 0 Å². The molecule has 3 aromatic carbocycles. The largest absolute Gasteiger partial charge is 0.486 e. The van der Waals surface area contributed by atoms with Crippen molar-refractivity contribution in [3.05, 3.63) is 84.1 Å². The van der Waals surface area contributed by atoms with Crippen LogP contribution in [0.1, 0.15) is 11.1 Å². The third-order valence-electron chi connectivity index (χ3n) is 5.75. The van der Waals surface area contributed by atoms with Crippen molar-refractivity contribution in [1.29, 1.82) is 0 Å². The van der Waals surface area contributed by atoms with Crippen LogP contribution in [-0.4, -0.2) is 28.0 Å². The van der Waals surface area contributed by atoms with Crippen molar-refractivity contribution in [2.24, 2.45) is 0 Å². The van der Waals surface area contributed by atoms with Gasteiger partial charge >= 0.3 is 0 Å². The summed E-state index contributed by atoms with van der Waals surface area (Å²) >= 11 is 0. The average molecular weight is 407 g/mol. The molecule has 0 aromatic heterocycles. The van der Waals surface area contributed by atoms with Crippen LogP contribution in [0.15, 0.2) is 72.9 Å². The van der Waals surface area contributed by atoms with E-state index in [-0.39, 0.29) is 0 Å². The standard InChI is InChI=1S/C26H21N3O2/c1-17-6-5-7-18(12-17)15-29-16-21-25(19-8-3-2-4-9-19)27-28-26(21)20-13-23-24(14-22(20)29)31-11-10-30-23/h2-9,12-14,16H,10-11,15H2,1H3. The number of nitrogens with zero attached hydrogens (tertiary/aromatic N) is 3. The first-order chi connectivity index (χ1) is 15.3. The highest BCUT2D eigenvalue weighted by molar-refractivity contribution is 5.99. The van der Waals surface area contributed by atoms with Gasteiger partial charge in [-0.15, -0.1) is 10.2 Å². The van der Waals surface area contributed by atoms with Gasteiger partial charge in [0.1, 0.15) is 24.6 Å². The van der Waals surface area contributed by atoms with Gasteiger partial charge in [-0.3, -0.25) is 0 Å². The molecule has 5 nitrogen and oxygen atoms in total. The minimum Gasteiger partial charge on any atom is -0.486 e. The third kappa shape index (κ3) is 3.10. The van der Waals surface area contributed by atoms with Gasteiger partial charge in [0.25, 0.3) is 0 Å². The Balaban J connectivity index is 1.61. The van der Waals surface area contributed by atoms with Gasteiger partial charge in [-0.2, -0.15) is 0 Å². The summed E-state index contributed by atoms with van der Waals surface area (Å²) in [5, 5.41) is 10.1. The molecule has 6 rings (SSSR count). The first-order valence-corrected chi connectivity index (χ1v) is 10.5. The predicted molar refractivity (Wildman–Crippen MR) is 121 cm³/mol. The van der Waals surface area contributed by atoms with Gasteiger partial charge in [-0.05, 0) is 18.6 Å². The molecule has 5 heteroatoms. The average Bonchev–Trinajstić information content (AvgIpc) is 3.23. The Morgan fingerprint density at radius 2 is 1.61 bits per heavy atom. The van der Waals surface area contributed by atoms with E-state index in [0.29, 0.717) is 13.2 Å². The van der Waals surface area contributed by atoms with Crippen LogP contribution in [0, 0.1) is 6.92 Å². The molecule has 0 saturated carbocycles. The second-order valence-corrected chi connectivity index (χ2v) is 7.94. The highest BCUT2D eigenvalue weighted by atomic mass is 16.6. The molecular weight excluding hydrogens is 386 g/mol. The summed E-state index contributed by atoms with van der Waals surface area (Å²) < 4.78 is 14.0. The normalized spacial score (nSPS) is 13.1. The molecule has 3 aliphatic rings. The van der Waals surface area contributed by atoms with Gasteiger partial charge in [0.05, 0.1) is 5.52 Å². The molecule has 0 atom stereocenters. The number of ether oxygens (including phenoxy) is 2. The summed E-state index contributed by atoms with van der Waals surface area (Å²) in [6.07, 6.45) is 2.17. The van der Waals surface area contributed by atoms with Crippen LogP contribution in [0.3, 0.4) is 0 Å².